The van der Waals surface area contributed by atoms with Crippen LogP contribution in [0.1, 0.15) is 19.5 Å². The molecule has 1 rings (SSSR count). The van der Waals surface area contributed by atoms with Gasteiger partial charge in [-0.2, -0.15) is 0 Å². The first-order valence-electron chi connectivity index (χ1n) is 5.33. The molecule has 0 aromatic carbocycles. The SMILES string of the molecule is COCCN(Cc1cnc(Cl)cn1)C(C)C. The lowest BCUT2D eigenvalue weighted by atomic mass is 10.3. The molecule has 16 heavy (non-hydrogen) atoms. The first kappa shape index (κ1) is 13.4. The van der Waals surface area contributed by atoms with Crippen LogP contribution in [0, 0.1) is 0 Å². The zero-order valence-electron chi connectivity index (χ0n) is 9.98. The first-order chi connectivity index (χ1) is 7.63. The van der Waals surface area contributed by atoms with Crippen LogP contribution in [-0.2, 0) is 11.3 Å². The molecule has 0 spiro atoms. The summed E-state index contributed by atoms with van der Waals surface area (Å²) in [4.78, 5) is 10.5. The number of hydrogen-bond acceptors (Lipinski definition) is 4. The van der Waals surface area contributed by atoms with Crippen molar-refractivity contribution in [2.45, 2.75) is 26.4 Å². The summed E-state index contributed by atoms with van der Waals surface area (Å²) in [6, 6.07) is 0.452. The maximum atomic E-state index is 5.69. The highest BCUT2D eigenvalue weighted by atomic mass is 35.5. The van der Waals surface area contributed by atoms with Crippen LogP contribution < -0.4 is 0 Å². The lowest BCUT2D eigenvalue weighted by Crippen LogP contribution is -2.33. The van der Waals surface area contributed by atoms with Crippen molar-refractivity contribution in [3.8, 4) is 0 Å². The first-order valence-corrected chi connectivity index (χ1v) is 5.70. The Hall–Kier alpha value is -0.710. The third-order valence-electron chi connectivity index (χ3n) is 2.35. The van der Waals surface area contributed by atoms with E-state index < -0.39 is 0 Å². The van der Waals surface area contributed by atoms with Gasteiger partial charge in [0.15, 0.2) is 0 Å². The van der Waals surface area contributed by atoms with E-state index in [-0.39, 0.29) is 0 Å². The van der Waals surface area contributed by atoms with Gasteiger partial charge in [-0.1, -0.05) is 11.6 Å². The van der Waals surface area contributed by atoms with Crippen LogP contribution in [0.15, 0.2) is 12.4 Å². The second kappa shape index (κ2) is 6.78. The lowest BCUT2D eigenvalue weighted by Gasteiger charge is -2.25. The van der Waals surface area contributed by atoms with E-state index in [0.29, 0.717) is 11.2 Å². The fraction of sp³-hybridized carbons (Fsp3) is 0.636. The van der Waals surface area contributed by atoms with Crippen LogP contribution in [0.5, 0.6) is 0 Å². The van der Waals surface area contributed by atoms with Gasteiger partial charge in [-0.15, -0.1) is 0 Å². The number of ether oxygens (including phenoxy) is 1. The number of hydrogen-bond donors (Lipinski definition) is 0. The number of methoxy groups -OCH3 is 1. The molecule has 0 amide bonds. The van der Waals surface area contributed by atoms with Gasteiger partial charge in [-0.3, -0.25) is 9.88 Å². The molecule has 0 aliphatic carbocycles. The van der Waals surface area contributed by atoms with E-state index in [4.69, 9.17) is 16.3 Å². The summed E-state index contributed by atoms with van der Waals surface area (Å²) < 4.78 is 5.08. The molecule has 0 saturated heterocycles. The Balaban J connectivity index is 2.57. The Morgan fingerprint density at radius 1 is 1.38 bits per heavy atom. The number of nitrogens with zero attached hydrogens (tertiary/aromatic N) is 3. The zero-order valence-corrected chi connectivity index (χ0v) is 10.7. The van der Waals surface area contributed by atoms with E-state index >= 15 is 0 Å². The van der Waals surface area contributed by atoms with Crippen LogP contribution in [0.3, 0.4) is 0 Å². The molecule has 0 fully saturated rings. The monoisotopic (exact) mass is 243 g/mol. The minimum Gasteiger partial charge on any atom is -0.383 e. The third-order valence-corrected chi connectivity index (χ3v) is 2.55. The van der Waals surface area contributed by atoms with E-state index in [2.05, 4.69) is 28.7 Å². The van der Waals surface area contributed by atoms with Crippen LogP contribution in [0.2, 0.25) is 5.15 Å². The molecule has 1 aromatic heterocycles. The maximum Gasteiger partial charge on any atom is 0.147 e. The van der Waals surface area contributed by atoms with Crippen molar-refractivity contribution in [2.24, 2.45) is 0 Å². The van der Waals surface area contributed by atoms with Gasteiger partial charge in [0.05, 0.1) is 24.7 Å². The van der Waals surface area contributed by atoms with Crippen molar-refractivity contribution in [2.75, 3.05) is 20.3 Å². The second-order valence-electron chi connectivity index (χ2n) is 3.89. The summed E-state index contributed by atoms with van der Waals surface area (Å²) in [5.74, 6) is 0. The van der Waals surface area contributed by atoms with Crippen molar-refractivity contribution in [3.05, 3.63) is 23.2 Å². The van der Waals surface area contributed by atoms with Gasteiger partial charge in [-0.05, 0) is 13.8 Å². The Morgan fingerprint density at radius 3 is 2.62 bits per heavy atom. The average Bonchev–Trinajstić information content (AvgIpc) is 2.26. The summed E-state index contributed by atoms with van der Waals surface area (Å²) in [6.07, 6.45) is 3.29. The third kappa shape index (κ3) is 4.43. The Labute approximate surface area is 102 Å². The highest BCUT2D eigenvalue weighted by molar-refractivity contribution is 6.29. The number of rotatable bonds is 6. The van der Waals surface area contributed by atoms with Gasteiger partial charge < -0.3 is 4.74 Å². The molecule has 0 N–H and O–H groups in total. The quantitative estimate of drug-likeness (QED) is 0.766. The van der Waals surface area contributed by atoms with Gasteiger partial charge in [0.2, 0.25) is 0 Å². The molecule has 90 valence electrons. The van der Waals surface area contributed by atoms with Crippen molar-refractivity contribution >= 4 is 11.6 Å². The van der Waals surface area contributed by atoms with Crippen LogP contribution in [0.25, 0.3) is 0 Å². The van der Waals surface area contributed by atoms with Gasteiger partial charge in [0.25, 0.3) is 0 Å². The summed E-state index contributed by atoms with van der Waals surface area (Å²) in [7, 11) is 1.71. The summed E-state index contributed by atoms with van der Waals surface area (Å²) in [6.45, 7) is 6.68. The van der Waals surface area contributed by atoms with Crippen LogP contribution >= 0.6 is 11.6 Å². The molecular formula is C11H18ClN3O. The summed E-state index contributed by atoms with van der Waals surface area (Å²) in [5, 5.41) is 0.428. The molecule has 0 radical (unpaired) electrons. The standard InChI is InChI=1S/C11H18ClN3O/c1-9(2)15(4-5-16-3)8-10-6-14-11(12)7-13-10/h6-7,9H,4-5,8H2,1-3H3. The van der Waals surface area contributed by atoms with Crippen LogP contribution in [-0.4, -0.2) is 41.2 Å². The highest BCUT2D eigenvalue weighted by Crippen LogP contribution is 2.07. The van der Waals surface area contributed by atoms with E-state index in [9.17, 15) is 0 Å². The van der Waals surface area contributed by atoms with Crippen molar-refractivity contribution < 1.29 is 4.74 Å². The average molecular weight is 244 g/mol. The number of aromatic nitrogens is 2. The Kier molecular flexibility index (Phi) is 5.66. The van der Waals surface area contributed by atoms with E-state index in [1.54, 1.807) is 19.5 Å². The molecule has 0 unspecified atom stereocenters. The molecule has 0 bridgehead atoms. The maximum absolute atomic E-state index is 5.69. The predicted molar refractivity (Wildman–Crippen MR) is 64.5 cm³/mol. The zero-order chi connectivity index (χ0) is 12.0. The van der Waals surface area contributed by atoms with E-state index in [0.717, 1.165) is 25.4 Å². The van der Waals surface area contributed by atoms with Gasteiger partial charge in [-0.25, -0.2) is 4.98 Å². The molecule has 0 atom stereocenters. The van der Waals surface area contributed by atoms with Gasteiger partial charge in [0, 0.05) is 26.2 Å². The lowest BCUT2D eigenvalue weighted by molar-refractivity contribution is 0.124. The summed E-state index contributed by atoms with van der Waals surface area (Å²) >= 11 is 5.69. The fourth-order valence-electron chi connectivity index (χ4n) is 1.36. The topological polar surface area (TPSA) is 38.2 Å². The van der Waals surface area contributed by atoms with E-state index in [1.165, 1.54) is 0 Å². The van der Waals surface area contributed by atoms with Crippen molar-refractivity contribution in [1.82, 2.24) is 14.9 Å². The molecule has 1 aromatic rings. The molecule has 1 heterocycles. The van der Waals surface area contributed by atoms with Gasteiger partial charge >= 0.3 is 0 Å². The Morgan fingerprint density at radius 2 is 2.12 bits per heavy atom. The molecule has 0 saturated carbocycles. The molecule has 0 aliphatic rings. The smallest absolute Gasteiger partial charge is 0.147 e. The molecule has 4 nitrogen and oxygen atoms in total. The highest BCUT2D eigenvalue weighted by Gasteiger charge is 2.10. The summed E-state index contributed by atoms with van der Waals surface area (Å²) in [5.41, 5.74) is 0.925. The largest absolute Gasteiger partial charge is 0.383 e. The minimum absolute atomic E-state index is 0.428. The Bertz CT molecular complexity index is 303. The molecular weight excluding hydrogens is 226 g/mol. The van der Waals surface area contributed by atoms with Crippen molar-refractivity contribution in [3.63, 3.8) is 0 Å². The van der Waals surface area contributed by atoms with E-state index in [1.807, 2.05) is 0 Å². The molecule has 5 heteroatoms. The fourth-order valence-corrected chi connectivity index (χ4v) is 1.45. The van der Waals surface area contributed by atoms with Gasteiger partial charge in [0.1, 0.15) is 5.15 Å². The molecule has 0 aliphatic heterocycles. The normalized spacial score (nSPS) is 11.4. The predicted octanol–water partition coefficient (Wildman–Crippen LogP) is 1.99. The van der Waals surface area contributed by atoms with Crippen LogP contribution in [0.4, 0.5) is 0 Å². The second-order valence-corrected chi connectivity index (χ2v) is 4.27. The minimum atomic E-state index is 0.428. The van der Waals surface area contributed by atoms with Crippen molar-refractivity contribution in [1.29, 1.82) is 0 Å². The number of halogens is 1.